The summed E-state index contributed by atoms with van der Waals surface area (Å²) < 4.78 is 1.84. The second-order valence-corrected chi connectivity index (χ2v) is 8.84. The maximum Gasteiger partial charge on any atom is 0.281 e. The van der Waals surface area contributed by atoms with E-state index in [-0.39, 0.29) is 5.91 Å². The molecule has 6 nitrogen and oxygen atoms in total. The molecule has 0 unspecified atom stereocenters. The van der Waals surface area contributed by atoms with Crippen molar-refractivity contribution in [1.82, 2.24) is 14.8 Å². The molecule has 6 rings (SSSR count). The molecule has 3 aromatic heterocycles. The van der Waals surface area contributed by atoms with Crippen molar-refractivity contribution >= 4 is 34.7 Å². The number of anilines is 1. The van der Waals surface area contributed by atoms with Gasteiger partial charge >= 0.3 is 0 Å². The zero-order valence-electron chi connectivity index (χ0n) is 18.5. The maximum absolute atomic E-state index is 13.7. The van der Waals surface area contributed by atoms with Gasteiger partial charge in [-0.1, -0.05) is 42.5 Å². The molecule has 1 amide bonds. The van der Waals surface area contributed by atoms with Crippen LogP contribution in [0.3, 0.4) is 0 Å². The summed E-state index contributed by atoms with van der Waals surface area (Å²) in [6, 6.07) is 27.2. The number of carbonyl (C=O) groups is 1. The fourth-order valence-corrected chi connectivity index (χ4v) is 4.70. The summed E-state index contributed by atoms with van der Waals surface area (Å²) in [7, 11) is 0. The maximum atomic E-state index is 13.7. The molecule has 0 spiro atoms. The second kappa shape index (κ2) is 8.96. The molecule has 4 heterocycles. The number of para-hydroxylation sites is 2. The molecule has 1 aliphatic rings. The Kier molecular flexibility index (Phi) is 5.37. The molecule has 2 aromatic carbocycles. The number of hydrogen-bond acceptors (Lipinski definition) is 5. The lowest BCUT2D eigenvalue weighted by atomic mass is 10.0. The van der Waals surface area contributed by atoms with Crippen molar-refractivity contribution in [2.24, 2.45) is 5.10 Å². The number of carbonyl (C=O) groups excluding carboxylic acids is 1. The Morgan fingerprint density at radius 1 is 0.829 bits per heavy atom. The van der Waals surface area contributed by atoms with Gasteiger partial charge in [0.15, 0.2) is 0 Å². The highest BCUT2D eigenvalue weighted by molar-refractivity contribution is 7.13. The second-order valence-electron chi connectivity index (χ2n) is 7.89. The summed E-state index contributed by atoms with van der Waals surface area (Å²) >= 11 is 1.61. The Morgan fingerprint density at radius 2 is 1.60 bits per heavy atom. The zero-order chi connectivity index (χ0) is 23.6. The fourth-order valence-electron chi connectivity index (χ4n) is 3.97. The van der Waals surface area contributed by atoms with Crippen LogP contribution in [0.25, 0.3) is 22.3 Å². The van der Waals surface area contributed by atoms with Crippen molar-refractivity contribution in [3.05, 3.63) is 126 Å². The first-order valence-corrected chi connectivity index (χ1v) is 12.0. The van der Waals surface area contributed by atoms with Crippen molar-refractivity contribution in [3.63, 3.8) is 0 Å². The Balaban J connectivity index is 1.51. The number of pyridine rings is 1. The number of rotatable bonds is 5. The standard InChI is InChI=1S/C28H19N5OS/c34-28-24(26(20-9-7-15-29-18-20)31-33(28)23-12-5-2-6-13-23)17-21-19-32(22-10-3-1-4-11-22)30-27(21)25-14-8-16-35-25/h1-19H/b24-17-. The van der Waals surface area contributed by atoms with Crippen LogP contribution in [0, 0.1) is 0 Å². The highest BCUT2D eigenvalue weighted by atomic mass is 32.1. The van der Waals surface area contributed by atoms with Gasteiger partial charge in [-0.05, 0) is 53.9 Å². The van der Waals surface area contributed by atoms with Crippen LogP contribution in [0.5, 0.6) is 0 Å². The van der Waals surface area contributed by atoms with Gasteiger partial charge in [0.1, 0.15) is 11.4 Å². The molecule has 7 heteroatoms. The Labute approximate surface area is 206 Å². The molecule has 0 fully saturated rings. The number of nitrogens with zero attached hydrogens (tertiary/aromatic N) is 5. The average Bonchev–Trinajstić information content (AvgIpc) is 3.66. The number of hydrazone groups is 1. The Hall–Kier alpha value is -4.62. The minimum atomic E-state index is -0.195. The highest BCUT2D eigenvalue weighted by Crippen LogP contribution is 2.32. The minimum absolute atomic E-state index is 0.195. The van der Waals surface area contributed by atoms with Crippen molar-refractivity contribution in [2.45, 2.75) is 0 Å². The van der Waals surface area contributed by atoms with Crippen molar-refractivity contribution in [3.8, 4) is 16.3 Å². The van der Waals surface area contributed by atoms with E-state index < -0.39 is 0 Å². The average molecular weight is 474 g/mol. The van der Waals surface area contributed by atoms with Crippen molar-refractivity contribution in [1.29, 1.82) is 0 Å². The van der Waals surface area contributed by atoms with Gasteiger partial charge in [-0.25, -0.2) is 4.68 Å². The summed E-state index contributed by atoms with van der Waals surface area (Å²) in [5, 5.41) is 13.0. The van der Waals surface area contributed by atoms with Gasteiger partial charge in [0, 0.05) is 29.7 Å². The molecule has 0 saturated heterocycles. The predicted molar refractivity (Wildman–Crippen MR) is 140 cm³/mol. The number of amides is 1. The molecule has 0 bridgehead atoms. The van der Waals surface area contributed by atoms with E-state index in [4.69, 9.17) is 10.2 Å². The van der Waals surface area contributed by atoms with Gasteiger partial charge in [-0.15, -0.1) is 11.3 Å². The van der Waals surface area contributed by atoms with E-state index in [2.05, 4.69) is 4.98 Å². The van der Waals surface area contributed by atoms with E-state index in [0.29, 0.717) is 17.0 Å². The lowest BCUT2D eigenvalue weighted by Crippen LogP contribution is -2.21. The van der Waals surface area contributed by atoms with Gasteiger partial charge in [0.25, 0.3) is 5.91 Å². The molecule has 0 atom stereocenters. The summed E-state index contributed by atoms with van der Waals surface area (Å²) in [6.45, 7) is 0. The molecule has 5 aromatic rings. The van der Waals surface area contributed by atoms with E-state index in [1.807, 2.05) is 107 Å². The molecule has 35 heavy (non-hydrogen) atoms. The number of benzene rings is 2. The first kappa shape index (κ1) is 20.9. The summed E-state index contributed by atoms with van der Waals surface area (Å²) in [4.78, 5) is 18.9. The van der Waals surface area contributed by atoms with Crippen molar-refractivity contribution < 1.29 is 4.79 Å². The topological polar surface area (TPSA) is 63.4 Å². The van der Waals surface area contributed by atoms with Crippen LogP contribution in [0.2, 0.25) is 0 Å². The third-order valence-corrected chi connectivity index (χ3v) is 6.51. The fraction of sp³-hybridized carbons (Fsp3) is 0. The van der Waals surface area contributed by atoms with E-state index in [9.17, 15) is 4.79 Å². The van der Waals surface area contributed by atoms with Crippen LogP contribution in [-0.2, 0) is 4.79 Å². The SMILES string of the molecule is O=C1/C(=C\c2cn(-c3ccccc3)nc2-c2cccs2)C(c2cccnc2)=NN1c1ccccc1. The van der Waals surface area contributed by atoms with E-state index >= 15 is 0 Å². The molecule has 0 aliphatic carbocycles. The molecular weight excluding hydrogens is 454 g/mol. The van der Waals surface area contributed by atoms with Gasteiger partial charge in [-0.2, -0.15) is 15.2 Å². The Morgan fingerprint density at radius 3 is 2.29 bits per heavy atom. The smallest absolute Gasteiger partial charge is 0.267 e. The number of hydrogen-bond donors (Lipinski definition) is 0. The third kappa shape index (κ3) is 3.98. The Bertz CT molecular complexity index is 1540. The van der Waals surface area contributed by atoms with Crippen LogP contribution in [0.1, 0.15) is 11.1 Å². The summed E-state index contributed by atoms with van der Waals surface area (Å²) in [6.07, 6.45) is 7.27. The van der Waals surface area contributed by atoms with E-state index in [1.54, 1.807) is 23.7 Å². The first-order chi connectivity index (χ1) is 17.3. The molecular formula is C28H19N5OS. The van der Waals surface area contributed by atoms with Gasteiger partial charge in [0.2, 0.25) is 0 Å². The molecule has 1 aliphatic heterocycles. The zero-order valence-corrected chi connectivity index (χ0v) is 19.3. The first-order valence-electron chi connectivity index (χ1n) is 11.1. The van der Waals surface area contributed by atoms with Crippen LogP contribution >= 0.6 is 11.3 Å². The highest BCUT2D eigenvalue weighted by Gasteiger charge is 2.32. The van der Waals surface area contributed by atoms with Crippen LogP contribution in [0.4, 0.5) is 5.69 Å². The third-order valence-electron chi connectivity index (χ3n) is 5.63. The molecule has 168 valence electrons. The molecule has 0 saturated carbocycles. The number of thiophene rings is 1. The van der Waals surface area contributed by atoms with Gasteiger partial charge in [0.05, 0.1) is 21.8 Å². The van der Waals surface area contributed by atoms with Crippen molar-refractivity contribution in [2.75, 3.05) is 5.01 Å². The summed E-state index contributed by atoms with van der Waals surface area (Å²) in [5.74, 6) is -0.195. The van der Waals surface area contributed by atoms with E-state index in [1.165, 1.54) is 5.01 Å². The van der Waals surface area contributed by atoms with Crippen LogP contribution in [-0.4, -0.2) is 26.4 Å². The largest absolute Gasteiger partial charge is 0.281 e. The van der Waals surface area contributed by atoms with E-state index in [0.717, 1.165) is 27.4 Å². The van der Waals surface area contributed by atoms with Crippen LogP contribution < -0.4 is 5.01 Å². The van der Waals surface area contributed by atoms with Crippen LogP contribution in [0.15, 0.2) is 120 Å². The minimum Gasteiger partial charge on any atom is -0.267 e. The van der Waals surface area contributed by atoms with Gasteiger partial charge < -0.3 is 0 Å². The number of aromatic nitrogens is 3. The quantitative estimate of drug-likeness (QED) is 0.302. The predicted octanol–water partition coefficient (Wildman–Crippen LogP) is 5.83. The molecule has 0 radical (unpaired) electrons. The monoisotopic (exact) mass is 473 g/mol. The summed E-state index contributed by atoms with van der Waals surface area (Å²) in [5.41, 5.74) is 5.15. The lowest BCUT2D eigenvalue weighted by Gasteiger charge is -2.10. The molecule has 0 N–H and O–H groups in total. The lowest BCUT2D eigenvalue weighted by molar-refractivity contribution is -0.114. The van der Waals surface area contributed by atoms with Gasteiger partial charge in [-0.3, -0.25) is 9.78 Å². The normalized spacial score (nSPS) is 14.5.